The van der Waals surface area contributed by atoms with Gasteiger partial charge in [-0.25, -0.2) is 22.4 Å². The predicted molar refractivity (Wildman–Crippen MR) is 50.4 cm³/mol. The molecular formula is C10H9F4NO2. The summed E-state index contributed by atoms with van der Waals surface area (Å²) in [4.78, 5) is 10.5. The molecule has 0 aromatic heterocycles. The number of carboxylic acid groups (broad SMARTS) is 1. The van der Waals surface area contributed by atoms with E-state index in [0.29, 0.717) is 0 Å². The summed E-state index contributed by atoms with van der Waals surface area (Å²) in [5.41, 5.74) is 0.971. The lowest BCUT2D eigenvalue weighted by Crippen LogP contribution is -2.33. The lowest BCUT2D eigenvalue weighted by Gasteiger charge is -2.21. The van der Waals surface area contributed by atoms with Gasteiger partial charge in [0.25, 0.3) is 0 Å². The smallest absolute Gasteiger partial charge is 0.341 e. The number of hydrogen-bond acceptors (Lipinski definition) is 2. The van der Waals surface area contributed by atoms with Crippen LogP contribution in [-0.2, 0) is 5.54 Å². The van der Waals surface area contributed by atoms with Gasteiger partial charge in [0.05, 0.1) is 0 Å². The Labute approximate surface area is 93.8 Å². The zero-order chi connectivity index (χ0) is 13.5. The van der Waals surface area contributed by atoms with E-state index in [0.717, 1.165) is 13.8 Å². The fourth-order valence-corrected chi connectivity index (χ4v) is 1.39. The number of carbonyl (C=O) groups is 1. The van der Waals surface area contributed by atoms with Crippen molar-refractivity contribution in [3.63, 3.8) is 0 Å². The first kappa shape index (κ1) is 13.4. The molecule has 0 unspecified atom stereocenters. The fourth-order valence-electron chi connectivity index (χ4n) is 1.39. The van der Waals surface area contributed by atoms with Gasteiger partial charge in [0.1, 0.15) is 5.56 Å². The van der Waals surface area contributed by atoms with Gasteiger partial charge in [-0.3, -0.25) is 0 Å². The highest BCUT2D eigenvalue weighted by atomic mass is 19.2. The number of aromatic carboxylic acids is 1. The van der Waals surface area contributed by atoms with Crippen LogP contribution < -0.4 is 5.73 Å². The Balaban J connectivity index is 3.77. The monoisotopic (exact) mass is 251 g/mol. The molecule has 17 heavy (non-hydrogen) atoms. The van der Waals surface area contributed by atoms with Crippen LogP contribution in [0.2, 0.25) is 0 Å². The van der Waals surface area contributed by atoms with Crippen molar-refractivity contribution in [2.45, 2.75) is 19.4 Å². The average Bonchev–Trinajstić information content (AvgIpc) is 2.12. The van der Waals surface area contributed by atoms with Crippen LogP contribution in [-0.4, -0.2) is 11.1 Å². The van der Waals surface area contributed by atoms with Crippen molar-refractivity contribution in [2.24, 2.45) is 5.73 Å². The van der Waals surface area contributed by atoms with Gasteiger partial charge < -0.3 is 10.8 Å². The van der Waals surface area contributed by atoms with Crippen LogP contribution in [0.25, 0.3) is 0 Å². The van der Waals surface area contributed by atoms with Gasteiger partial charge in [0.15, 0.2) is 23.3 Å². The summed E-state index contributed by atoms with van der Waals surface area (Å²) >= 11 is 0. The quantitative estimate of drug-likeness (QED) is 0.625. The first-order chi connectivity index (χ1) is 7.59. The van der Waals surface area contributed by atoms with Gasteiger partial charge in [-0.1, -0.05) is 0 Å². The Bertz CT molecular complexity index is 465. The summed E-state index contributed by atoms with van der Waals surface area (Å²) < 4.78 is 53.4. The molecule has 0 aliphatic carbocycles. The van der Waals surface area contributed by atoms with Crippen LogP contribution in [0.5, 0.6) is 0 Å². The number of nitrogens with two attached hydrogens (primary N) is 1. The molecule has 0 aliphatic rings. The molecule has 7 heteroatoms. The van der Waals surface area contributed by atoms with Crippen molar-refractivity contribution < 1.29 is 27.5 Å². The second kappa shape index (κ2) is 3.99. The number of halogens is 4. The molecular weight excluding hydrogens is 242 g/mol. The summed E-state index contributed by atoms with van der Waals surface area (Å²) in [6.07, 6.45) is 0. The second-order valence-electron chi connectivity index (χ2n) is 4.03. The molecule has 0 heterocycles. The Morgan fingerprint density at radius 2 is 1.41 bits per heavy atom. The zero-order valence-corrected chi connectivity index (χ0v) is 8.94. The minimum absolute atomic E-state index is 1.03. The molecule has 0 saturated carbocycles. The maximum Gasteiger partial charge on any atom is 0.341 e. The lowest BCUT2D eigenvalue weighted by molar-refractivity contribution is 0.0683. The zero-order valence-electron chi connectivity index (χ0n) is 8.94. The largest absolute Gasteiger partial charge is 0.477 e. The molecule has 3 nitrogen and oxygen atoms in total. The van der Waals surface area contributed by atoms with E-state index in [4.69, 9.17) is 10.8 Å². The highest BCUT2D eigenvalue weighted by Crippen LogP contribution is 2.30. The molecule has 0 aliphatic heterocycles. The second-order valence-corrected chi connectivity index (χ2v) is 4.03. The van der Waals surface area contributed by atoms with Crippen LogP contribution in [0.3, 0.4) is 0 Å². The molecule has 0 atom stereocenters. The van der Waals surface area contributed by atoms with Crippen molar-refractivity contribution in [1.29, 1.82) is 0 Å². The van der Waals surface area contributed by atoms with Gasteiger partial charge in [0, 0.05) is 11.1 Å². The van der Waals surface area contributed by atoms with Crippen molar-refractivity contribution in [3.05, 3.63) is 34.4 Å². The minimum atomic E-state index is -2.10. The summed E-state index contributed by atoms with van der Waals surface area (Å²) in [7, 11) is 0. The number of benzene rings is 1. The van der Waals surface area contributed by atoms with E-state index in [2.05, 4.69) is 0 Å². The summed E-state index contributed by atoms with van der Waals surface area (Å²) in [5.74, 6) is -9.63. The third-order valence-electron chi connectivity index (χ3n) is 2.12. The lowest BCUT2D eigenvalue weighted by atomic mass is 9.92. The third kappa shape index (κ3) is 2.10. The Morgan fingerprint density at radius 3 is 1.65 bits per heavy atom. The van der Waals surface area contributed by atoms with E-state index in [1.165, 1.54) is 0 Å². The molecule has 0 bridgehead atoms. The number of hydrogen-bond donors (Lipinski definition) is 2. The van der Waals surface area contributed by atoms with Gasteiger partial charge in [0.2, 0.25) is 0 Å². The van der Waals surface area contributed by atoms with Crippen LogP contribution in [0, 0.1) is 23.3 Å². The van der Waals surface area contributed by atoms with Crippen molar-refractivity contribution in [2.75, 3.05) is 0 Å². The van der Waals surface area contributed by atoms with E-state index in [1.54, 1.807) is 0 Å². The Hall–Kier alpha value is -1.63. The molecule has 3 N–H and O–H groups in total. The predicted octanol–water partition coefficient (Wildman–Crippen LogP) is 2.13. The van der Waals surface area contributed by atoms with Crippen LogP contribution >= 0.6 is 0 Å². The van der Waals surface area contributed by atoms with Gasteiger partial charge in [-0.15, -0.1) is 0 Å². The molecule has 1 aromatic carbocycles. The molecule has 0 amide bonds. The van der Waals surface area contributed by atoms with Crippen molar-refractivity contribution >= 4 is 5.97 Å². The Morgan fingerprint density at radius 1 is 1.06 bits per heavy atom. The Kier molecular flexibility index (Phi) is 3.15. The minimum Gasteiger partial charge on any atom is -0.477 e. The number of carboxylic acids is 1. The summed E-state index contributed by atoms with van der Waals surface area (Å²) in [5, 5.41) is 8.44. The van der Waals surface area contributed by atoms with E-state index in [9.17, 15) is 22.4 Å². The first-order valence-corrected chi connectivity index (χ1v) is 4.47. The van der Waals surface area contributed by atoms with Crippen molar-refractivity contribution in [3.8, 4) is 0 Å². The highest BCUT2D eigenvalue weighted by molar-refractivity contribution is 5.88. The average molecular weight is 251 g/mol. The molecule has 94 valence electrons. The SMILES string of the molecule is CC(C)(N)c1c(F)c(F)c(C(=O)O)c(F)c1F. The van der Waals surface area contributed by atoms with E-state index >= 15 is 0 Å². The summed E-state index contributed by atoms with van der Waals surface area (Å²) in [6, 6.07) is 0. The normalized spacial score (nSPS) is 11.7. The van der Waals surface area contributed by atoms with E-state index < -0.39 is 45.9 Å². The fraction of sp³-hybridized carbons (Fsp3) is 0.300. The van der Waals surface area contributed by atoms with Crippen LogP contribution in [0.15, 0.2) is 0 Å². The molecule has 0 spiro atoms. The third-order valence-corrected chi connectivity index (χ3v) is 2.12. The summed E-state index contributed by atoms with van der Waals surface area (Å²) in [6.45, 7) is 2.27. The topological polar surface area (TPSA) is 63.3 Å². The van der Waals surface area contributed by atoms with Gasteiger partial charge >= 0.3 is 5.97 Å². The maximum absolute atomic E-state index is 13.4. The molecule has 0 radical (unpaired) electrons. The van der Waals surface area contributed by atoms with Gasteiger partial charge in [-0.05, 0) is 13.8 Å². The van der Waals surface area contributed by atoms with E-state index in [1.807, 2.05) is 0 Å². The molecule has 0 fully saturated rings. The number of rotatable bonds is 2. The maximum atomic E-state index is 13.4. The van der Waals surface area contributed by atoms with Gasteiger partial charge in [-0.2, -0.15) is 0 Å². The molecule has 1 aromatic rings. The van der Waals surface area contributed by atoms with Crippen LogP contribution in [0.4, 0.5) is 17.6 Å². The highest BCUT2D eigenvalue weighted by Gasteiger charge is 2.34. The van der Waals surface area contributed by atoms with Crippen molar-refractivity contribution in [1.82, 2.24) is 0 Å². The molecule has 1 rings (SSSR count). The van der Waals surface area contributed by atoms with Crippen LogP contribution in [0.1, 0.15) is 29.8 Å². The standard InChI is InChI=1S/C10H9F4NO2/c1-10(2,15)4-7(13)5(11)3(9(16)17)6(12)8(4)14/h15H2,1-2H3,(H,16,17). The van der Waals surface area contributed by atoms with E-state index in [-0.39, 0.29) is 0 Å². The molecule has 0 saturated heterocycles. The first-order valence-electron chi connectivity index (χ1n) is 4.47.